The molecule has 0 spiro atoms. The van der Waals surface area contributed by atoms with Crippen LogP contribution in [-0.2, 0) is 6.42 Å². The fourth-order valence-corrected chi connectivity index (χ4v) is 6.92. The molecule has 0 bridgehead atoms. The number of hydrogen-bond donors (Lipinski definition) is 0. The summed E-state index contributed by atoms with van der Waals surface area (Å²) < 4.78 is 29.2. The molecule has 1 unspecified atom stereocenters. The molecule has 2 aliphatic carbocycles. The molecule has 2 aliphatic rings. The molecule has 0 nitrogen and oxygen atoms in total. The Labute approximate surface area is 218 Å². The summed E-state index contributed by atoms with van der Waals surface area (Å²) in [6.07, 6.45) is 19.2. The minimum atomic E-state index is -0.356. The van der Waals surface area contributed by atoms with Gasteiger partial charge in [-0.05, 0) is 105 Å². The Morgan fingerprint density at radius 1 is 0.806 bits per heavy atom. The highest BCUT2D eigenvalue weighted by atomic mass is 19.1. The first-order chi connectivity index (χ1) is 17.5. The van der Waals surface area contributed by atoms with Crippen molar-refractivity contribution >= 4 is 0 Å². The molecule has 0 N–H and O–H groups in total. The highest BCUT2D eigenvalue weighted by Crippen LogP contribution is 2.41. The third-order valence-electron chi connectivity index (χ3n) is 9.28. The molecular formula is C34H46F2. The smallest absolute Gasteiger partial charge is 0.129 e. The molecule has 0 radical (unpaired) electrons. The third kappa shape index (κ3) is 7.53. The fraction of sp³-hybridized carbons (Fsp3) is 0.588. The first kappa shape index (κ1) is 27.1. The number of benzene rings is 2. The molecule has 2 aromatic carbocycles. The molecule has 1 atom stereocenters. The zero-order valence-electron chi connectivity index (χ0n) is 22.5. The van der Waals surface area contributed by atoms with E-state index in [0.29, 0.717) is 24.7 Å². The van der Waals surface area contributed by atoms with E-state index >= 15 is 0 Å². The first-order valence-electron chi connectivity index (χ1n) is 14.7. The zero-order chi connectivity index (χ0) is 25.3. The van der Waals surface area contributed by atoms with Crippen molar-refractivity contribution in [2.45, 2.75) is 109 Å². The van der Waals surface area contributed by atoms with Gasteiger partial charge in [0, 0.05) is 5.56 Å². The Kier molecular flexibility index (Phi) is 10.2. The van der Waals surface area contributed by atoms with Gasteiger partial charge >= 0.3 is 0 Å². The van der Waals surface area contributed by atoms with Gasteiger partial charge in [0.25, 0.3) is 0 Å². The molecule has 2 fully saturated rings. The van der Waals surface area contributed by atoms with Crippen LogP contribution in [0.25, 0.3) is 0 Å². The number of allylic oxidation sites excluding steroid dienone is 2. The van der Waals surface area contributed by atoms with E-state index in [1.807, 2.05) is 19.1 Å². The molecule has 0 aromatic heterocycles. The molecule has 2 saturated carbocycles. The van der Waals surface area contributed by atoms with E-state index in [-0.39, 0.29) is 17.2 Å². The lowest BCUT2D eigenvalue weighted by molar-refractivity contribution is 0.220. The maximum atomic E-state index is 14.6. The van der Waals surface area contributed by atoms with Crippen LogP contribution in [0.3, 0.4) is 0 Å². The average Bonchev–Trinajstić information content (AvgIpc) is 2.90. The van der Waals surface area contributed by atoms with E-state index in [1.165, 1.54) is 63.4 Å². The van der Waals surface area contributed by atoms with Gasteiger partial charge in [-0.25, -0.2) is 8.78 Å². The van der Waals surface area contributed by atoms with Crippen LogP contribution in [-0.4, -0.2) is 0 Å². The topological polar surface area (TPSA) is 0 Å². The summed E-state index contributed by atoms with van der Waals surface area (Å²) in [7, 11) is 0. The van der Waals surface area contributed by atoms with Gasteiger partial charge in [-0.3, -0.25) is 0 Å². The molecule has 0 aliphatic heterocycles. The molecule has 0 saturated heterocycles. The largest absolute Gasteiger partial charge is 0.207 e. The molecule has 0 amide bonds. The average molecular weight is 493 g/mol. The van der Waals surface area contributed by atoms with Crippen LogP contribution >= 0.6 is 0 Å². The van der Waals surface area contributed by atoms with E-state index in [4.69, 9.17) is 0 Å². The number of rotatable bonds is 10. The third-order valence-corrected chi connectivity index (χ3v) is 9.28. The SMILES string of the molecule is C/C=C/CCc1c(F)cc(C2CCC(CCC3CCC(CC(C)c4ccccc4)CC3)CC2)cc1F. The first-order valence-corrected chi connectivity index (χ1v) is 14.7. The lowest BCUT2D eigenvalue weighted by Gasteiger charge is -2.33. The predicted octanol–water partition coefficient (Wildman–Crippen LogP) is 10.5. The summed E-state index contributed by atoms with van der Waals surface area (Å²) in [4.78, 5) is 0. The van der Waals surface area contributed by atoms with Crippen molar-refractivity contribution in [3.8, 4) is 0 Å². The summed E-state index contributed by atoms with van der Waals surface area (Å²) in [5.41, 5.74) is 2.61. The van der Waals surface area contributed by atoms with E-state index in [0.717, 1.165) is 36.2 Å². The van der Waals surface area contributed by atoms with Gasteiger partial charge in [0.05, 0.1) is 0 Å². The normalized spacial score (nSPS) is 25.8. The molecule has 2 heteroatoms. The second-order valence-electron chi connectivity index (χ2n) is 11.8. The van der Waals surface area contributed by atoms with Gasteiger partial charge in [0.2, 0.25) is 0 Å². The molecule has 196 valence electrons. The maximum absolute atomic E-state index is 14.6. The van der Waals surface area contributed by atoms with Crippen LogP contribution in [0.2, 0.25) is 0 Å². The van der Waals surface area contributed by atoms with E-state index in [9.17, 15) is 8.78 Å². The highest BCUT2D eigenvalue weighted by Gasteiger charge is 2.27. The molecular weight excluding hydrogens is 446 g/mol. The van der Waals surface area contributed by atoms with Crippen LogP contribution in [0.15, 0.2) is 54.6 Å². The van der Waals surface area contributed by atoms with Gasteiger partial charge in [0.1, 0.15) is 11.6 Å². The van der Waals surface area contributed by atoms with Crippen LogP contribution in [0.5, 0.6) is 0 Å². The van der Waals surface area contributed by atoms with Crippen LogP contribution < -0.4 is 0 Å². The van der Waals surface area contributed by atoms with Gasteiger partial charge in [-0.15, -0.1) is 0 Å². The lowest BCUT2D eigenvalue weighted by atomic mass is 9.73. The van der Waals surface area contributed by atoms with Crippen molar-refractivity contribution < 1.29 is 8.78 Å². The Morgan fingerprint density at radius 2 is 1.36 bits per heavy atom. The van der Waals surface area contributed by atoms with Crippen molar-refractivity contribution in [1.29, 1.82) is 0 Å². The number of halogens is 2. The number of hydrogen-bond acceptors (Lipinski definition) is 0. The van der Waals surface area contributed by atoms with E-state index < -0.39 is 0 Å². The second kappa shape index (κ2) is 13.5. The minimum Gasteiger partial charge on any atom is -0.207 e. The van der Waals surface area contributed by atoms with Crippen LogP contribution in [0, 0.1) is 29.4 Å². The predicted molar refractivity (Wildman–Crippen MR) is 148 cm³/mol. The summed E-state index contributed by atoms with van der Waals surface area (Å²) in [6.45, 7) is 4.32. The van der Waals surface area contributed by atoms with Crippen LogP contribution in [0.4, 0.5) is 8.78 Å². The van der Waals surface area contributed by atoms with Crippen LogP contribution in [0.1, 0.15) is 119 Å². The molecule has 2 aromatic rings. The van der Waals surface area contributed by atoms with Gasteiger partial charge < -0.3 is 0 Å². The molecule has 0 heterocycles. The monoisotopic (exact) mass is 492 g/mol. The van der Waals surface area contributed by atoms with Crippen molar-refractivity contribution in [2.75, 3.05) is 0 Å². The van der Waals surface area contributed by atoms with Gasteiger partial charge in [-0.1, -0.05) is 87.9 Å². The summed E-state index contributed by atoms with van der Waals surface area (Å²) in [5, 5.41) is 0. The standard InChI is InChI=1S/C34H46F2/c1-3-4-6-11-32-33(35)23-31(24-34(32)36)30-20-18-27(19-21-30)13-12-26-14-16-28(17-15-26)22-25(2)29-9-7-5-8-10-29/h3-5,7-10,23-28,30H,6,11-22H2,1-2H3/b4-3+. The molecule has 4 rings (SSSR count). The Bertz CT molecular complexity index is 923. The Balaban J connectivity index is 1.16. The Hall–Kier alpha value is -1.96. The highest BCUT2D eigenvalue weighted by molar-refractivity contribution is 5.29. The van der Waals surface area contributed by atoms with Crippen molar-refractivity contribution in [1.82, 2.24) is 0 Å². The summed E-state index contributed by atoms with van der Waals surface area (Å²) in [5.74, 6) is 2.87. The van der Waals surface area contributed by atoms with E-state index in [1.54, 1.807) is 12.1 Å². The Morgan fingerprint density at radius 3 is 1.94 bits per heavy atom. The molecule has 36 heavy (non-hydrogen) atoms. The maximum Gasteiger partial charge on any atom is 0.129 e. The van der Waals surface area contributed by atoms with E-state index in [2.05, 4.69) is 37.3 Å². The fourth-order valence-electron chi connectivity index (χ4n) is 6.92. The quantitative estimate of drug-likeness (QED) is 0.289. The van der Waals surface area contributed by atoms with Crippen molar-refractivity contribution in [2.24, 2.45) is 17.8 Å². The zero-order valence-corrected chi connectivity index (χ0v) is 22.5. The van der Waals surface area contributed by atoms with Gasteiger partial charge in [-0.2, -0.15) is 0 Å². The van der Waals surface area contributed by atoms with Crippen molar-refractivity contribution in [3.63, 3.8) is 0 Å². The van der Waals surface area contributed by atoms with Gasteiger partial charge in [0.15, 0.2) is 0 Å². The second-order valence-corrected chi connectivity index (χ2v) is 11.8. The van der Waals surface area contributed by atoms with Crippen molar-refractivity contribution in [3.05, 3.63) is 82.9 Å². The lowest BCUT2D eigenvalue weighted by Crippen LogP contribution is -2.18. The minimum absolute atomic E-state index is 0.245. The summed E-state index contributed by atoms with van der Waals surface area (Å²) >= 11 is 0. The summed E-state index contributed by atoms with van der Waals surface area (Å²) in [6, 6.07) is 14.2.